The first-order valence-electron chi connectivity index (χ1n) is 8.67. The van der Waals surface area contributed by atoms with Gasteiger partial charge in [-0.1, -0.05) is 76.1 Å². The molecule has 3 nitrogen and oxygen atoms in total. The highest BCUT2D eigenvalue weighted by molar-refractivity contribution is 9.10. The quantitative estimate of drug-likeness (QED) is 0.457. The third kappa shape index (κ3) is 5.47. The summed E-state index contributed by atoms with van der Waals surface area (Å²) in [5.74, 6) is -0.370. The lowest BCUT2D eigenvalue weighted by Crippen LogP contribution is -2.01. The Morgan fingerprint density at radius 3 is 2.32 bits per heavy atom. The topological polar surface area (TPSA) is 46.5 Å². The van der Waals surface area contributed by atoms with Gasteiger partial charge in [0.25, 0.3) is 0 Å². The summed E-state index contributed by atoms with van der Waals surface area (Å²) in [6.45, 7) is 0.332. The minimum atomic E-state index is -0.894. The average molecular weight is 458 g/mol. The van der Waals surface area contributed by atoms with E-state index in [2.05, 4.69) is 40.2 Å². The summed E-state index contributed by atoms with van der Waals surface area (Å²) in [6.07, 6.45) is 1.95. The fraction of sp³-hybridized carbons (Fsp3) is 0.0870. The van der Waals surface area contributed by atoms with E-state index in [0.717, 1.165) is 21.2 Å². The zero-order valence-corrected chi connectivity index (χ0v) is 17.3. The van der Waals surface area contributed by atoms with Gasteiger partial charge in [-0.25, -0.2) is 0 Å². The van der Waals surface area contributed by atoms with Crippen LogP contribution in [0.15, 0.2) is 83.3 Å². The molecule has 0 aliphatic heterocycles. The Balaban J connectivity index is 1.80. The van der Waals surface area contributed by atoms with Crippen LogP contribution in [0.2, 0.25) is 5.02 Å². The smallest absolute Gasteiger partial charge is 0.307 e. The van der Waals surface area contributed by atoms with E-state index in [0.29, 0.717) is 22.9 Å². The molecule has 0 fully saturated rings. The van der Waals surface area contributed by atoms with Crippen molar-refractivity contribution in [3.05, 3.63) is 105 Å². The highest BCUT2D eigenvalue weighted by Gasteiger charge is 2.08. The Kier molecular flexibility index (Phi) is 6.90. The van der Waals surface area contributed by atoms with Crippen molar-refractivity contribution >= 4 is 39.1 Å². The van der Waals surface area contributed by atoms with Crippen LogP contribution in [0.25, 0.3) is 5.57 Å². The molecule has 0 spiro atoms. The van der Waals surface area contributed by atoms with Gasteiger partial charge < -0.3 is 9.84 Å². The Labute approximate surface area is 177 Å². The standard InChI is InChI=1S/C23H18BrClO3/c24-19-9-7-18(8-10-19)20(17-4-2-1-3-5-17)12-13-28-22-11-6-16(14-21(22)25)15-23(26)27/h1-12,14H,13,15H2,(H,26,27)/b20-12+. The summed E-state index contributed by atoms with van der Waals surface area (Å²) >= 11 is 9.70. The number of hydrogen-bond donors (Lipinski definition) is 1. The van der Waals surface area contributed by atoms with Crippen LogP contribution in [0.1, 0.15) is 16.7 Å². The van der Waals surface area contributed by atoms with Gasteiger partial charge in [0.1, 0.15) is 12.4 Å². The maximum absolute atomic E-state index is 10.8. The first-order valence-corrected chi connectivity index (χ1v) is 9.84. The van der Waals surface area contributed by atoms with Gasteiger partial charge in [-0.2, -0.15) is 0 Å². The molecule has 0 heterocycles. The molecular weight excluding hydrogens is 440 g/mol. The summed E-state index contributed by atoms with van der Waals surface area (Å²) in [5, 5.41) is 9.28. The number of hydrogen-bond acceptors (Lipinski definition) is 2. The van der Waals surface area contributed by atoms with E-state index in [1.165, 1.54) is 0 Å². The number of carbonyl (C=O) groups is 1. The lowest BCUT2D eigenvalue weighted by molar-refractivity contribution is -0.136. The summed E-state index contributed by atoms with van der Waals surface area (Å²) in [5.41, 5.74) is 3.88. The molecule has 3 aromatic carbocycles. The molecule has 0 saturated heterocycles. The molecule has 0 amide bonds. The number of aliphatic carboxylic acids is 1. The molecule has 0 unspecified atom stereocenters. The molecule has 142 valence electrons. The molecular formula is C23H18BrClO3. The van der Waals surface area contributed by atoms with Crippen molar-refractivity contribution in [1.29, 1.82) is 0 Å². The second-order valence-corrected chi connectivity index (χ2v) is 7.46. The molecule has 0 aliphatic rings. The monoisotopic (exact) mass is 456 g/mol. The second-order valence-electron chi connectivity index (χ2n) is 6.14. The van der Waals surface area contributed by atoms with Crippen molar-refractivity contribution in [2.45, 2.75) is 6.42 Å². The van der Waals surface area contributed by atoms with Crippen LogP contribution in [-0.4, -0.2) is 17.7 Å². The van der Waals surface area contributed by atoms with Gasteiger partial charge in [-0.05, 0) is 52.6 Å². The van der Waals surface area contributed by atoms with Gasteiger partial charge in [0.2, 0.25) is 0 Å². The van der Waals surface area contributed by atoms with Gasteiger partial charge in [-0.3, -0.25) is 4.79 Å². The van der Waals surface area contributed by atoms with Crippen molar-refractivity contribution in [3.8, 4) is 5.75 Å². The predicted molar refractivity (Wildman–Crippen MR) is 116 cm³/mol. The number of halogens is 2. The number of carboxylic acid groups (broad SMARTS) is 1. The van der Waals surface area contributed by atoms with Crippen molar-refractivity contribution < 1.29 is 14.6 Å². The third-order valence-electron chi connectivity index (χ3n) is 4.12. The minimum Gasteiger partial charge on any atom is -0.488 e. The Morgan fingerprint density at radius 2 is 1.68 bits per heavy atom. The molecule has 0 bridgehead atoms. The number of benzene rings is 3. The van der Waals surface area contributed by atoms with Crippen LogP contribution in [0.4, 0.5) is 0 Å². The normalized spacial score (nSPS) is 11.3. The van der Waals surface area contributed by atoms with Gasteiger partial charge in [0.05, 0.1) is 11.4 Å². The van der Waals surface area contributed by atoms with E-state index in [-0.39, 0.29) is 6.42 Å². The molecule has 0 radical (unpaired) electrons. The number of rotatable bonds is 7. The number of ether oxygens (including phenoxy) is 1. The Hall–Kier alpha value is -2.56. The van der Waals surface area contributed by atoms with Crippen LogP contribution in [0.5, 0.6) is 5.75 Å². The van der Waals surface area contributed by atoms with Crippen molar-refractivity contribution in [3.63, 3.8) is 0 Å². The lowest BCUT2D eigenvalue weighted by atomic mass is 9.98. The van der Waals surface area contributed by atoms with E-state index >= 15 is 0 Å². The fourth-order valence-corrected chi connectivity index (χ4v) is 3.33. The van der Waals surface area contributed by atoms with Gasteiger partial charge in [0, 0.05) is 4.47 Å². The molecule has 0 aliphatic carbocycles. The van der Waals surface area contributed by atoms with Crippen molar-refractivity contribution in [1.82, 2.24) is 0 Å². The summed E-state index contributed by atoms with van der Waals surface area (Å²) in [4.78, 5) is 10.8. The lowest BCUT2D eigenvalue weighted by Gasteiger charge is -2.11. The molecule has 0 atom stereocenters. The van der Waals surface area contributed by atoms with Gasteiger partial charge in [0.15, 0.2) is 0 Å². The van der Waals surface area contributed by atoms with E-state index in [4.69, 9.17) is 21.4 Å². The van der Waals surface area contributed by atoms with E-state index in [9.17, 15) is 4.79 Å². The molecule has 5 heteroatoms. The van der Waals surface area contributed by atoms with Gasteiger partial charge >= 0.3 is 5.97 Å². The van der Waals surface area contributed by atoms with E-state index in [1.807, 2.05) is 36.4 Å². The van der Waals surface area contributed by atoms with E-state index in [1.54, 1.807) is 18.2 Å². The van der Waals surface area contributed by atoms with Crippen molar-refractivity contribution in [2.24, 2.45) is 0 Å². The largest absolute Gasteiger partial charge is 0.488 e. The first-order chi connectivity index (χ1) is 13.5. The van der Waals surface area contributed by atoms with Crippen LogP contribution < -0.4 is 4.74 Å². The Morgan fingerprint density at radius 1 is 1.00 bits per heavy atom. The van der Waals surface area contributed by atoms with E-state index < -0.39 is 5.97 Å². The second kappa shape index (κ2) is 9.58. The molecule has 1 N–H and O–H groups in total. The van der Waals surface area contributed by atoms with Crippen LogP contribution in [-0.2, 0) is 11.2 Å². The SMILES string of the molecule is O=C(O)Cc1ccc(OC/C=C(\c2ccccc2)c2ccc(Br)cc2)c(Cl)c1. The molecule has 3 aromatic rings. The van der Waals surface area contributed by atoms with Crippen molar-refractivity contribution in [2.75, 3.05) is 6.61 Å². The summed E-state index contributed by atoms with van der Waals surface area (Å²) in [7, 11) is 0. The molecule has 0 saturated carbocycles. The summed E-state index contributed by atoms with van der Waals surface area (Å²) in [6, 6.07) is 23.3. The number of carboxylic acids is 1. The average Bonchev–Trinajstić information content (AvgIpc) is 2.68. The zero-order valence-electron chi connectivity index (χ0n) is 14.9. The molecule has 3 rings (SSSR count). The fourth-order valence-electron chi connectivity index (χ4n) is 2.81. The minimum absolute atomic E-state index is 0.0678. The maximum Gasteiger partial charge on any atom is 0.307 e. The highest BCUT2D eigenvalue weighted by Crippen LogP contribution is 2.28. The zero-order chi connectivity index (χ0) is 19.9. The first kappa shape index (κ1) is 20.2. The third-order valence-corrected chi connectivity index (χ3v) is 4.94. The Bertz CT molecular complexity index is 982. The maximum atomic E-state index is 10.8. The molecule has 28 heavy (non-hydrogen) atoms. The summed E-state index contributed by atoms with van der Waals surface area (Å²) < 4.78 is 6.85. The van der Waals surface area contributed by atoms with Crippen LogP contribution >= 0.6 is 27.5 Å². The van der Waals surface area contributed by atoms with Crippen LogP contribution in [0.3, 0.4) is 0 Å². The van der Waals surface area contributed by atoms with Gasteiger partial charge in [-0.15, -0.1) is 0 Å². The highest BCUT2D eigenvalue weighted by atomic mass is 79.9. The van der Waals surface area contributed by atoms with Crippen LogP contribution in [0, 0.1) is 0 Å². The molecule has 0 aromatic heterocycles. The predicted octanol–water partition coefficient (Wildman–Crippen LogP) is 6.24.